The lowest BCUT2D eigenvalue weighted by Crippen LogP contribution is -2.35. The van der Waals surface area contributed by atoms with Crippen LogP contribution in [0.15, 0.2) is 0 Å². The van der Waals surface area contributed by atoms with Gasteiger partial charge in [-0.15, -0.1) is 0 Å². The molecule has 0 bridgehead atoms. The van der Waals surface area contributed by atoms with Gasteiger partial charge in [-0.25, -0.2) is 0 Å². The van der Waals surface area contributed by atoms with Crippen LogP contribution in [0.25, 0.3) is 0 Å². The summed E-state index contributed by atoms with van der Waals surface area (Å²) >= 11 is 0. The average molecular weight is 145 g/mol. The standard InChI is InChI=1S/C7H15NO2/c1-7(5-9)4-8-2-3-10-6-7/h8-9H,2-6H2,1H3/t7-/m1/s1. The molecule has 0 aliphatic carbocycles. The lowest BCUT2D eigenvalue weighted by Gasteiger charge is -2.23. The fourth-order valence-electron chi connectivity index (χ4n) is 1.01. The van der Waals surface area contributed by atoms with Gasteiger partial charge in [-0.05, 0) is 0 Å². The van der Waals surface area contributed by atoms with E-state index >= 15 is 0 Å². The summed E-state index contributed by atoms with van der Waals surface area (Å²) in [6, 6.07) is 0. The van der Waals surface area contributed by atoms with E-state index in [-0.39, 0.29) is 12.0 Å². The molecule has 0 amide bonds. The van der Waals surface area contributed by atoms with Gasteiger partial charge < -0.3 is 15.2 Å². The monoisotopic (exact) mass is 145 g/mol. The quantitative estimate of drug-likeness (QED) is 0.528. The molecule has 1 aliphatic rings. The van der Waals surface area contributed by atoms with Crippen LogP contribution in [0.5, 0.6) is 0 Å². The van der Waals surface area contributed by atoms with Crippen molar-refractivity contribution in [3.05, 3.63) is 0 Å². The Morgan fingerprint density at radius 2 is 2.50 bits per heavy atom. The third-order valence-electron chi connectivity index (χ3n) is 1.81. The molecule has 1 fully saturated rings. The van der Waals surface area contributed by atoms with Gasteiger partial charge in [0, 0.05) is 18.5 Å². The second kappa shape index (κ2) is 3.32. The summed E-state index contributed by atoms with van der Waals surface area (Å²) in [6.07, 6.45) is 0. The maximum atomic E-state index is 8.96. The molecular weight excluding hydrogens is 130 g/mol. The molecule has 1 heterocycles. The van der Waals surface area contributed by atoms with E-state index in [0.717, 1.165) is 19.7 Å². The Hall–Kier alpha value is -0.120. The molecule has 1 aliphatic heterocycles. The van der Waals surface area contributed by atoms with E-state index in [4.69, 9.17) is 9.84 Å². The Balaban J connectivity index is 2.41. The van der Waals surface area contributed by atoms with E-state index in [1.54, 1.807) is 0 Å². The van der Waals surface area contributed by atoms with Gasteiger partial charge in [0.15, 0.2) is 0 Å². The number of hydrogen-bond acceptors (Lipinski definition) is 3. The minimum atomic E-state index is -0.0729. The van der Waals surface area contributed by atoms with Crippen molar-refractivity contribution in [1.82, 2.24) is 5.32 Å². The molecule has 0 aromatic carbocycles. The highest BCUT2D eigenvalue weighted by molar-refractivity contribution is 4.77. The van der Waals surface area contributed by atoms with Gasteiger partial charge in [0.2, 0.25) is 0 Å². The molecule has 1 rings (SSSR count). The first-order valence-corrected chi connectivity index (χ1v) is 3.66. The van der Waals surface area contributed by atoms with Crippen molar-refractivity contribution in [2.45, 2.75) is 6.92 Å². The van der Waals surface area contributed by atoms with Crippen molar-refractivity contribution < 1.29 is 9.84 Å². The molecule has 0 aromatic heterocycles. The molecule has 3 nitrogen and oxygen atoms in total. The topological polar surface area (TPSA) is 41.5 Å². The number of aliphatic hydroxyl groups is 1. The van der Waals surface area contributed by atoms with Gasteiger partial charge in [0.25, 0.3) is 0 Å². The smallest absolute Gasteiger partial charge is 0.0591 e. The lowest BCUT2D eigenvalue weighted by atomic mass is 9.93. The normalized spacial score (nSPS) is 35.4. The van der Waals surface area contributed by atoms with Gasteiger partial charge in [-0.3, -0.25) is 0 Å². The lowest BCUT2D eigenvalue weighted by molar-refractivity contribution is 0.0400. The summed E-state index contributed by atoms with van der Waals surface area (Å²) in [5.74, 6) is 0. The van der Waals surface area contributed by atoms with Crippen LogP contribution >= 0.6 is 0 Å². The van der Waals surface area contributed by atoms with E-state index in [0.29, 0.717) is 6.61 Å². The van der Waals surface area contributed by atoms with Crippen LogP contribution in [0.3, 0.4) is 0 Å². The molecule has 0 radical (unpaired) electrons. The van der Waals surface area contributed by atoms with Crippen molar-refractivity contribution in [2.75, 3.05) is 32.9 Å². The second-order valence-corrected chi connectivity index (χ2v) is 3.20. The minimum absolute atomic E-state index is 0.0729. The summed E-state index contributed by atoms with van der Waals surface area (Å²) in [6.45, 7) is 5.39. The predicted octanol–water partition coefficient (Wildman–Crippen LogP) is -0.395. The van der Waals surface area contributed by atoms with E-state index in [1.807, 2.05) is 6.92 Å². The van der Waals surface area contributed by atoms with Crippen LogP contribution in [-0.4, -0.2) is 38.0 Å². The second-order valence-electron chi connectivity index (χ2n) is 3.20. The zero-order valence-corrected chi connectivity index (χ0v) is 6.39. The van der Waals surface area contributed by atoms with Crippen molar-refractivity contribution in [2.24, 2.45) is 5.41 Å². The molecule has 2 N–H and O–H groups in total. The average Bonchev–Trinajstić information content (AvgIpc) is 2.15. The number of hydrogen-bond donors (Lipinski definition) is 2. The first kappa shape index (κ1) is 7.98. The Kier molecular flexibility index (Phi) is 2.65. The van der Waals surface area contributed by atoms with Crippen LogP contribution < -0.4 is 5.32 Å². The molecule has 10 heavy (non-hydrogen) atoms. The molecule has 1 atom stereocenters. The number of ether oxygens (including phenoxy) is 1. The third kappa shape index (κ3) is 1.94. The molecule has 60 valence electrons. The van der Waals surface area contributed by atoms with Crippen molar-refractivity contribution in [3.8, 4) is 0 Å². The van der Waals surface area contributed by atoms with Gasteiger partial charge >= 0.3 is 0 Å². The number of rotatable bonds is 1. The van der Waals surface area contributed by atoms with Crippen LogP contribution in [-0.2, 0) is 4.74 Å². The third-order valence-corrected chi connectivity index (χ3v) is 1.81. The van der Waals surface area contributed by atoms with Crippen LogP contribution in [0.1, 0.15) is 6.92 Å². The summed E-state index contributed by atoms with van der Waals surface area (Å²) in [4.78, 5) is 0. The maximum absolute atomic E-state index is 8.96. The van der Waals surface area contributed by atoms with E-state index < -0.39 is 0 Å². The first-order valence-electron chi connectivity index (χ1n) is 3.66. The van der Waals surface area contributed by atoms with Crippen molar-refractivity contribution in [3.63, 3.8) is 0 Å². The molecule has 0 saturated carbocycles. The Morgan fingerprint density at radius 3 is 3.20 bits per heavy atom. The molecule has 1 saturated heterocycles. The fraction of sp³-hybridized carbons (Fsp3) is 1.00. The minimum Gasteiger partial charge on any atom is -0.396 e. The maximum Gasteiger partial charge on any atom is 0.0591 e. The zero-order chi connectivity index (χ0) is 7.45. The van der Waals surface area contributed by atoms with Crippen molar-refractivity contribution >= 4 is 0 Å². The van der Waals surface area contributed by atoms with Gasteiger partial charge in [-0.1, -0.05) is 6.92 Å². The van der Waals surface area contributed by atoms with Crippen LogP contribution in [0, 0.1) is 5.41 Å². The SMILES string of the molecule is C[C@]1(CO)CNCCOC1. The summed E-state index contributed by atoms with van der Waals surface area (Å²) in [5.41, 5.74) is -0.0729. The molecule has 3 heteroatoms. The van der Waals surface area contributed by atoms with Gasteiger partial charge in [0.05, 0.1) is 19.8 Å². The highest BCUT2D eigenvalue weighted by Crippen LogP contribution is 2.15. The zero-order valence-electron chi connectivity index (χ0n) is 6.39. The van der Waals surface area contributed by atoms with E-state index in [1.165, 1.54) is 0 Å². The number of aliphatic hydroxyl groups excluding tert-OH is 1. The molecule has 0 aromatic rings. The summed E-state index contributed by atoms with van der Waals surface area (Å²) < 4.78 is 5.28. The highest BCUT2D eigenvalue weighted by atomic mass is 16.5. The summed E-state index contributed by atoms with van der Waals surface area (Å²) in [5, 5.41) is 12.2. The molecule has 0 spiro atoms. The fourth-order valence-corrected chi connectivity index (χ4v) is 1.01. The van der Waals surface area contributed by atoms with Gasteiger partial charge in [0.1, 0.15) is 0 Å². The Labute approximate surface area is 61.4 Å². The molecule has 0 unspecified atom stereocenters. The highest BCUT2D eigenvalue weighted by Gasteiger charge is 2.24. The predicted molar refractivity (Wildman–Crippen MR) is 38.9 cm³/mol. The van der Waals surface area contributed by atoms with Gasteiger partial charge in [-0.2, -0.15) is 0 Å². The van der Waals surface area contributed by atoms with Crippen LogP contribution in [0.2, 0.25) is 0 Å². The van der Waals surface area contributed by atoms with E-state index in [2.05, 4.69) is 5.32 Å². The van der Waals surface area contributed by atoms with Crippen molar-refractivity contribution in [1.29, 1.82) is 0 Å². The number of nitrogens with one attached hydrogen (secondary N) is 1. The summed E-state index contributed by atoms with van der Waals surface area (Å²) in [7, 11) is 0. The Bertz CT molecular complexity index is 97.8. The molecular formula is C7H15NO2. The van der Waals surface area contributed by atoms with E-state index in [9.17, 15) is 0 Å². The first-order chi connectivity index (χ1) is 4.77. The largest absolute Gasteiger partial charge is 0.396 e. The van der Waals surface area contributed by atoms with Crippen LogP contribution in [0.4, 0.5) is 0 Å². The Morgan fingerprint density at radius 1 is 1.70 bits per heavy atom.